The van der Waals surface area contributed by atoms with Crippen LogP contribution in [0.25, 0.3) is 0 Å². The third-order valence-corrected chi connectivity index (χ3v) is 6.89. The van der Waals surface area contributed by atoms with Crippen molar-refractivity contribution in [2.24, 2.45) is 16.3 Å². The second kappa shape index (κ2) is 7.86. The van der Waals surface area contributed by atoms with Crippen molar-refractivity contribution in [2.75, 3.05) is 24.6 Å². The lowest BCUT2D eigenvalue weighted by molar-refractivity contribution is 0.216. The van der Waals surface area contributed by atoms with Gasteiger partial charge < -0.3 is 10.6 Å². The van der Waals surface area contributed by atoms with E-state index in [4.69, 9.17) is 0 Å². The average Bonchev–Trinajstić information content (AvgIpc) is 2.83. The van der Waals surface area contributed by atoms with Gasteiger partial charge in [0.15, 0.2) is 15.8 Å². The SMILES string of the molecule is CCCNC(=NCC1CCS(=O)(=O)C1)NC1CCC(C)(C)CC1. The molecule has 0 radical (unpaired) electrons. The van der Waals surface area contributed by atoms with E-state index < -0.39 is 9.84 Å². The lowest BCUT2D eigenvalue weighted by Gasteiger charge is -2.35. The van der Waals surface area contributed by atoms with Gasteiger partial charge in [0.2, 0.25) is 0 Å². The van der Waals surface area contributed by atoms with Crippen molar-refractivity contribution in [3.05, 3.63) is 0 Å². The molecular weight excluding hydrogens is 310 g/mol. The number of nitrogens with zero attached hydrogens (tertiary/aromatic N) is 1. The molecule has 0 aromatic heterocycles. The maximum atomic E-state index is 11.6. The van der Waals surface area contributed by atoms with Gasteiger partial charge >= 0.3 is 0 Å². The molecule has 1 atom stereocenters. The summed E-state index contributed by atoms with van der Waals surface area (Å²) < 4.78 is 23.1. The third-order valence-electron chi connectivity index (χ3n) is 5.06. The number of rotatable bonds is 5. The first-order valence-electron chi connectivity index (χ1n) is 9.05. The van der Waals surface area contributed by atoms with Crippen molar-refractivity contribution in [2.45, 2.75) is 65.3 Å². The van der Waals surface area contributed by atoms with Gasteiger partial charge in [-0.2, -0.15) is 0 Å². The maximum Gasteiger partial charge on any atom is 0.191 e. The molecule has 0 spiro atoms. The Bertz CT molecular complexity index is 504. The smallest absolute Gasteiger partial charge is 0.191 e. The van der Waals surface area contributed by atoms with Gasteiger partial charge in [-0.05, 0) is 49.9 Å². The van der Waals surface area contributed by atoms with E-state index in [-0.39, 0.29) is 5.92 Å². The van der Waals surface area contributed by atoms with E-state index in [0.29, 0.717) is 29.5 Å². The van der Waals surface area contributed by atoms with E-state index in [1.54, 1.807) is 0 Å². The lowest BCUT2D eigenvalue weighted by atomic mass is 9.75. The summed E-state index contributed by atoms with van der Waals surface area (Å²) in [7, 11) is -2.81. The fourth-order valence-electron chi connectivity index (χ4n) is 3.37. The van der Waals surface area contributed by atoms with Gasteiger partial charge in [-0.25, -0.2) is 8.42 Å². The van der Waals surface area contributed by atoms with Crippen LogP contribution in [0.2, 0.25) is 0 Å². The first-order chi connectivity index (χ1) is 10.8. The van der Waals surface area contributed by atoms with Crippen LogP contribution in [0.1, 0.15) is 59.3 Å². The number of sulfone groups is 1. The van der Waals surface area contributed by atoms with Crippen LogP contribution < -0.4 is 10.6 Å². The van der Waals surface area contributed by atoms with Crippen molar-refractivity contribution in [3.63, 3.8) is 0 Å². The van der Waals surface area contributed by atoms with Crippen LogP contribution >= 0.6 is 0 Å². The fourth-order valence-corrected chi connectivity index (χ4v) is 5.22. The van der Waals surface area contributed by atoms with E-state index >= 15 is 0 Å². The molecule has 1 saturated carbocycles. The Morgan fingerprint density at radius 2 is 1.91 bits per heavy atom. The highest BCUT2D eigenvalue weighted by Crippen LogP contribution is 2.34. The van der Waals surface area contributed by atoms with Crippen LogP contribution in [0.15, 0.2) is 4.99 Å². The minimum atomic E-state index is -2.81. The van der Waals surface area contributed by atoms with Crippen LogP contribution in [-0.4, -0.2) is 45.0 Å². The molecule has 5 nitrogen and oxygen atoms in total. The fraction of sp³-hybridized carbons (Fsp3) is 0.941. The first-order valence-corrected chi connectivity index (χ1v) is 10.9. The molecule has 2 N–H and O–H groups in total. The Hall–Kier alpha value is -0.780. The molecule has 23 heavy (non-hydrogen) atoms. The lowest BCUT2D eigenvalue weighted by Crippen LogP contribution is -2.46. The zero-order chi connectivity index (χ0) is 16.9. The molecule has 134 valence electrons. The van der Waals surface area contributed by atoms with E-state index in [0.717, 1.165) is 25.3 Å². The summed E-state index contributed by atoms with van der Waals surface area (Å²) in [5, 5.41) is 6.93. The molecular formula is C17H33N3O2S. The molecule has 1 unspecified atom stereocenters. The van der Waals surface area contributed by atoms with Gasteiger partial charge in [0, 0.05) is 19.1 Å². The molecule has 0 aromatic rings. The van der Waals surface area contributed by atoms with E-state index in [1.165, 1.54) is 25.7 Å². The molecule has 2 aliphatic rings. The molecule has 1 heterocycles. The molecule has 1 aliphatic carbocycles. The van der Waals surface area contributed by atoms with E-state index in [2.05, 4.69) is 36.4 Å². The van der Waals surface area contributed by atoms with Crippen molar-refractivity contribution < 1.29 is 8.42 Å². The largest absolute Gasteiger partial charge is 0.356 e. The van der Waals surface area contributed by atoms with Crippen LogP contribution in [0, 0.1) is 11.3 Å². The summed E-state index contributed by atoms with van der Waals surface area (Å²) in [5.74, 6) is 1.68. The summed E-state index contributed by atoms with van der Waals surface area (Å²) >= 11 is 0. The van der Waals surface area contributed by atoms with Crippen LogP contribution in [0.4, 0.5) is 0 Å². The number of guanidine groups is 1. The summed E-state index contributed by atoms with van der Waals surface area (Å²) in [6.07, 6.45) is 6.65. The van der Waals surface area contributed by atoms with Crippen molar-refractivity contribution in [3.8, 4) is 0 Å². The predicted octanol–water partition coefficient (Wildman–Crippen LogP) is 2.34. The maximum absolute atomic E-state index is 11.6. The van der Waals surface area contributed by atoms with Gasteiger partial charge in [0.25, 0.3) is 0 Å². The normalized spacial score (nSPS) is 27.8. The Morgan fingerprint density at radius 3 is 2.48 bits per heavy atom. The first kappa shape index (κ1) is 18.6. The molecule has 6 heteroatoms. The summed E-state index contributed by atoms with van der Waals surface area (Å²) in [5.41, 5.74) is 0.463. The van der Waals surface area contributed by atoms with Gasteiger partial charge in [-0.3, -0.25) is 4.99 Å². The van der Waals surface area contributed by atoms with Gasteiger partial charge in [-0.1, -0.05) is 20.8 Å². The van der Waals surface area contributed by atoms with Crippen molar-refractivity contribution in [1.29, 1.82) is 0 Å². The van der Waals surface area contributed by atoms with Gasteiger partial charge in [-0.15, -0.1) is 0 Å². The summed E-state index contributed by atoms with van der Waals surface area (Å²) in [6.45, 7) is 8.32. The van der Waals surface area contributed by atoms with Crippen molar-refractivity contribution >= 4 is 15.8 Å². The van der Waals surface area contributed by atoms with Crippen LogP contribution in [0.5, 0.6) is 0 Å². The molecule has 0 aromatic carbocycles. The zero-order valence-electron chi connectivity index (χ0n) is 14.9. The minimum absolute atomic E-state index is 0.186. The quantitative estimate of drug-likeness (QED) is 0.594. The zero-order valence-corrected chi connectivity index (χ0v) is 15.7. The Balaban J connectivity index is 1.87. The van der Waals surface area contributed by atoms with Gasteiger partial charge in [0.1, 0.15) is 0 Å². The Kier molecular flexibility index (Phi) is 6.34. The summed E-state index contributed by atoms with van der Waals surface area (Å²) in [4.78, 5) is 4.67. The second-order valence-corrected chi connectivity index (χ2v) is 10.2. The number of hydrogen-bond donors (Lipinski definition) is 2. The Morgan fingerprint density at radius 1 is 1.22 bits per heavy atom. The van der Waals surface area contributed by atoms with Crippen molar-refractivity contribution in [1.82, 2.24) is 10.6 Å². The van der Waals surface area contributed by atoms with Gasteiger partial charge in [0.05, 0.1) is 11.5 Å². The molecule has 0 bridgehead atoms. The average molecular weight is 344 g/mol. The molecule has 2 rings (SSSR count). The second-order valence-electron chi connectivity index (χ2n) is 7.97. The minimum Gasteiger partial charge on any atom is -0.356 e. The summed E-state index contributed by atoms with van der Waals surface area (Å²) in [6, 6.07) is 0.485. The third kappa shape index (κ3) is 6.32. The number of aliphatic imine (C=N–C) groups is 1. The molecule has 2 fully saturated rings. The highest BCUT2D eigenvalue weighted by molar-refractivity contribution is 7.91. The van der Waals surface area contributed by atoms with E-state index in [1.807, 2.05) is 0 Å². The monoisotopic (exact) mass is 343 g/mol. The number of nitrogens with one attached hydrogen (secondary N) is 2. The Labute approximate surface area is 141 Å². The standard InChI is InChI=1S/C17H33N3O2S/c1-4-10-18-16(19-12-14-7-11-23(21,22)13-14)20-15-5-8-17(2,3)9-6-15/h14-15H,4-13H2,1-3H3,(H2,18,19,20). The molecule has 1 saturated heterocycles. The molecule has 1 aliphatic heterocycles. The van der Waals surface area contributed by atoms with Crippen LogP contribution in [-0.2, 0) is 9.84 Å². The molecule has 0 amide bonds. The highest BCUT2D eigenvalue weighted by Gasteiger charge is 2.29. The number of hydrogen-bond acceptors (Lipinski definition) is 3. The highest BCUT2D eigenvalue weighted by atomic mass is 32.2. The van der Waals surface area contributed by atoms with E-state index in [9.17, 15) is 8.42 Å². The van der Waals surface area contributed by atoms with Crippen LogP contribution in [0.3, 0.4) is 0 Å². The predicted molar refractivity (Wildman–Crippen MR) is 96.5 cm³/mol. The topological polar surface area (TPSA) is 70.6 Å².